The molecule has 0 radical (unpaired) electrons. The maximum atomic E-state index is 12.4. The van der Waals surface area contributed by atoms with Crippen LogP contribution in [0, 0.1) is 13.8 Å². The Balaban J connectivity index is 1.54. The first-order valence-corrected chi connectivity index (χ1v) is 8.91. The highest BCUT2D eigenvalue weighted by atomic mass is 16.2. The summed E-state index contributed by atoms with van der Waals surface area (Å²) in [5.41, 5.74) is 5.16. The Kier molecular flexibility index (Phi) is 5.52. The molecule has 4 heteroatoms. The van der Waals surface area contributed by atoms with E-state index in [1.54, 1.807) is 4.90 Å². The standard InChI is InChI=1S/C22H24N2O2/c1-16-12-17(2)14-20(13-16)22(26)23-15-21(25)24-10-8-19(9-11-24)18-6-4-3-5-7-18/h3-8,12-14H,9-11,15H2,1-2H3,(H,23,26). The predicted octanol–water partition coefficient (Wildman–Crippen LogP) is 3.35. The lowest BCUT2D eigenvalue weighted by molar-refractivity contribution is -0.129. The van der Waals surface area contributed by atoms with Crippen LogP contribution in [-0.4, -0.2) is 36.3 Å². The van der Waals surface area contributed by atoms with Gasteiger partial charge in [0.15, 0.2) is 0 Å². The fourth-order valence-corrected chi connectivity index (χ4v) is 3.29. The first-order valence-electron chi connectivity index (χ1n) is 8.91. The fraction of sp³-hybridized carbons (Fsp3) is 0.273. The topological polar surface area (TPSA) is 49.4 Å². The van der Waals surface area contributed by atoms with Crippen LogP contribution in [0.4, 0.5) is 0 Å². The van der Waals surface area contributed by atoms with Crippen molar-refractivity contribution in [3.05, 3.63) is 76.9 Å². The van der Waals surface area contributed by atoms with Gasteiger partial charge in [0.25, 0.3) is 5.91 Å². The Hall–Kier alpha value is -2.88. The first kappa shape index (κ1) is 17.9. The second kappa shape index (κ2) is 8.00. The third-order valence-electron chi connectivity index (χ3n) is 4.59. The van der Waals surface area contributed by atoms with Crippen molar-refractivity contribution in [3.63, 3.8) is 0 Å². The second-order valence-electron chi connectivity index (χ2n) is 6.74. The van der Waals surface area contributed by atoms with Crippen molar-refractivity contribution in [1.29, 1.82) is 0 Å². The van der Waals surface area contributed by atoms with Gasteiger partial charge in [-0.15, -0.1) is 0 Å². The summed E-state index contributed by atoms with van der Waals surface area (Å²) in [6.07, 6.45) is 2.93. The number of hydrogen-bond acceptors (Lipinski definition) is 2. The van der Waals surface area contributed by atoms with E-state index in [1.807, 2.05) is 50.2 Å². The summed E-state index contributed by atoms with van der Waals surface area (Å²) in [4.78, 5) is 26.5. The van der Waals surface area contributed by atoms with Crippen LogP contribution in [0.3, 0.4) is 0 Å². The summed E-state index contributed by atoms with van der Waals surface area (Å²) < 4.78 is 0. The summed E-state index contributed by atoms with van der Waals surface area (Å²) in [6, 6.07) is 15.9. The van der Waals surface area contributed by atoms with Gasteiger partial charge in [0, 0.05) is 18.7 Å². The Morgan fingerprint density at radius 1 is 1.04 bits per heavy atom. The minimum Gasteiger partial charge on any atom is -0.343 e. The number of nitrogens with zero attached hydrogens (tertiary/aromatic N) is 1. The molecule has 134 valence electrons. The van der Waals surface area contributed by atoms with Crippen molar-refractivity contribution < 1.29 is 9.59 Å². The maximum absolute atomic E-state index is 12.4. The quantitative estimate of drug-likeness (QED) is 0.921. The smallest absolute Gasteiger partial charge is 0.251 e. The molecule has 2 amide bonds. The number of rotatable bonds is 4. The minimum absolute atomic E-state index is 0.0281. The van der Waals surface area contributed by atoms with E-state index in [1.165, 1.54) is 11.1 Å². The minimum atomic E-state index is -0.206. The van der Waals surface area contributed by atoms with Gasteiger partial charge < -0.3 is 10.2 Å². The molecule has 0 bridgehead atoms. The Bertz CT molecular complexity index is 820. The van der Waals surface area contributed by atoms with E-state index in [-0.39, 0.29) is 18.4 Å². The normalized spacial score (nSPS) is 13.9. The van der Waals surface area contributed by atoms with Crippen LogP contribution in [0.1, 0.15) is 33.5 Å². The third-order valence-corrected chi connectivity index (χ3v) is 4.59. The number of carbonyl (C=O) groups excluding carboxylic acids is 2. The lowest BCUT2D eigenvalue weighted by Gasteiger charge is -2.27. The third kappa shape index (κ3) is 4.39. The van der Waals surface area contributed by atoms with Crippen LogP contribution in [0.2, 0.25) is 0 Å². The summed E-state index contributed by atoms with van der Waals surface area (Å²) in [7, 11) is 0. The maximum Gasteiger partial charge on any atom is 0.251 e. The highest BCUT2D eigenvalue weighted by Crippen LogP contribution is 2.21. The zero-order valence-electron chi connectivity index (χ0n) is 15.3. The van der Waals surface area contributed by atoms with E-state index in [0.717, 1.165) is 17.5 Å². The molecule has 2 aromatic carbocycles. The molecule has 0 atom stereocenters. The van der Waals surface area contributed by atoms with Gasteiger partial charge in [0.2, 0.25) is 5.91 Å². The number of carbonyl (C=O) groups is 2. The summed E-state index contributed by atoms with van der Waals surface area (Å²) in [5.74, 6) is -0.256. The van der Waals surface area contributed by atoms with E-state index >= 15 is 0 Å². The van der Waals surface area contributed by atoms with Crippen molar-refractivity contribution in [1.82, 2.24) is 10.2 Å². The molecule has 0 fully saturated rings. The first-order chi connectivity index (χ1) is 12.5. The van der Waals surface area contributed by atoms with Gasteiger partial charge in [-0.05, 0) is 43.5 Å². The fourth-order valence-electron chi connectivity index (χ4n) is 3.29. The molecule has 1 heterocycles. The molecule has 0 aromatic heterocycles. The van der Waals surface area contributed by atoms with Crippen LogP contribution in [-0.2, 0) is 4.79 Å². The molecule has 0 spiro atoms. The van der Waals surface area contributed by atoms with E-state index in [4.69, 9.17) is 0 Å². The monoisotopic (exact) mass is 348 g/mol. The predicted molar refractivity (Wildman–Crippen MR) is 104 cm³/mol. The average molecular weight is 348 g/mol. The van der Waals surface area contributed by atoms with E-state index in [2.05, 4.69) is 23.5 Å². The molecular formula is C22H24N2O2. The van der Waals surface area contributed by atoms with Crippen molar-refractivity contribution in [2.45, 2.75) is 20.3 Å². The van der Waals surface area contributed by atoms with Crippen LogP contribution in [0.15, 0.2) is 54.6 Å². The van der Waals surface area contributed by atoms with Gasteiger partial charge in [-0.25, -0.2) is 0 Å². The van der Waals surface area contributed by atoms with Crippen LogP contribution in [0.5, 0.6) is 0 Å². The largest absolute Gasteiger partial charge is 0.343 e. The van der Waals surface area contributed by atoms with Gasteiger partial charge in [-0.2, -0.15) is 0 Å². The van der Waals surface area contributed by atoms with E-state index < -0.39 is 0 Å². The molecule has 4 nitrogen and oxygen atoms in total. The molecule has 1 aliphatic heterocycles. The molecule has 0 saturated heterocycles. The molecule has 2 aromatic rings. The van der Waals surface area contributed by atoms with Crippen molar-refractivity contribution in [2.75, 3.05) is 19.6 Å². The average Bonchev–Trinajstić information content (AvgIpc) is 2.66. The van der Waals surface area contributed by atoms with Crippen LogP contribution >= 0.6 is 0 Å². The van der Waals surface area contributed by atoms with Crippen LogP contribution < -0.4 is 5.32 Å². The highest BCUT2D eigenvalue weighted by molar-refractivity contribution is 5.96. The van der Waals surface area contributed by atoms with Gasteiger partial charge in [0.05, 0.1) is 6.54 Å². The Morgan fingerprint density at radius 3 is 2.35 bits per heavy atom. The van der Waals surface area contributed by atoms with Gasteiger partial charge in [-0.1, -0.05) is 53.6 Å². The summed E-state index contributed by atoms with van der Waals surface area (Å²) in [5, 5.41) is 2.74. The van der Waals surface area contributed by atoms with Gasteiger partial charge in [-0.3, -0.25) is 9.59 Å². The van der Waals surface area contributed by atoms with Gasteiger partial charge >= 0.3 is 0 Å². The lowest BCUT2D eigenvalue weighted by atomic mass is 9.99. The van der Waals surface area contributed by atoms with Crippen molar-refractivity contribution >= 4 is 17.4 Å². The molecule has 1 aliphatic rings. The molecular weight excluding hydrogens is 324 g/mol. The number of amides is 2. The number of hydrogen-bond donors (Lipinski definition) is 1. The summed E-state index contributed by atoms with van der Waals surface area (Å²) >= 11 is 0. The van der Waals surface area contributed by atoms with E-state index in [0.29, 0.717) is 18.7 Å². The highest BCUT2D eigenvalue weighted by Gasteiger charge is 2.18. The Morgan fingerprint density at radius 2 is 1.73 bits per heavy atom. The van der Waals surface area contributed by atoms with E-state index in [9.17, 15) is 9.59 Å². The van der Waals surface area contributed by atoms with Crippen LogP contribution in [0.25, 0.3) is 5.57 Å². The molecule has 1 N–H and O–H groups in total. The van der Waals surface area contributed by atoms with Gasteiger partial charge in [0.1, 0.15) is 0 Å². The second-order valence-corrected chi connectivity index (χ2v) is 6.74. The lowest BCUT2D eigenvalue weighted by Crippen LogP contribution is -2.42. The molecule has 0 saturated carbocycles. The van der Waals surface area contributed by atoms with Crippen molar-refractivity contribution in [2.24, 2.45) is 0 Å². The zero-order chi connectivity index (χ0) is 18.5. The number of aryl methyl sites for hydroxylation is 2. The molecule has 26 heavy (non-hydrogen) atoms. The molecule has 0 unspecified atom stereocenters. The number of benzene rings is 2. The number of nitrogens with one attached hydrogen (secondary N) is 1. The van der Waals surface area contributed by atoms with Crippen molar-refractivity contribution in [3.8, 4) is 0 Å². The molecule has 0 aliphatic carbocycles. The Labute approximate surface area is 154 Å². The summed E-state index contributed by atoms with van der Waals surface area (Å²) in [6.45, 7) is 5.21. The SMILES string of the molecule is Cc1cc(C)cc(C(=O)NCC(=O)N2CC=C(c3ccccc3)CC2)c1. The molecule has 3 rings (SSSR count). The zero-order valence-corrected chi connectivity index (χ0v) is 15.3.